The van der Waals surface area contributed by atoms with Gasteiger partial charge in [-0.25, -0.2) is 0 Å². The van der Waals surface area contributed by atoms with Crippen LogP contribution in [-0.4, -0.2) is 47.3 Å². The van der Waals surface area contributed by atoms with Crippen LogP contribution in [0.2, 0.25) is 0 Å². The molecular formula is C19H18BrN3O4S. The topological polar surface area (TPSA) is 83.7 Å². The molecule has 7 nitrogen and oxygen atoms in total. The Balaban J connectivity index is 1.75. The Kier molecular flexibility index (Phi) is 6.58. The second-order valence-corrected chi connectivity index (χ2v) is 7.59. The van der Waals surface area contributed by atoms with E-state index in [2.05, 4.69) is 26.1 Å². The van der Waals surface area contributed by atoms with E-state index in [1.807, 2.05) is 18.2 Å². The number of aromatic hydroxyl groups is 1. The molecule has 1 saturated heterocycles. The molecule has 0 saturated carbocycles. The second-order valence-electron chi connectivity index (χ2n) is 5.80. The Bertz CT molecular complexity index is 949. The van der Waals surface area contributed by atoms with Crippen molar-refractivity contribution in [3.8, 4) is 17.2 Å². The van der Waals surface area contributed by atoms with Crippen LogP contribution in [0.5, 0.6) is 17.2 Å². The number of amides is 1. The first-order valence-corrected chi connectivity index (χ1v) is 10.0. The highest BCUT2D eigenvalue weighted by molar-refractivity contribution is 9.10. The van der Waals surface area contributed by atoms with E-state index in [1.54, 1.807) is 30.4 Å². The number of phenols is 1. The minimum atomic E-state index is -0.0165. The van der Waals surface area contributed by atoms with Crippen molar-refractivity contribution in [3.05, 3.63) is 52.0 Å². The average Bonchev–Trinajstić information content (AvgIpc) is 3.03. The summed E-state index contributed by atoms with van der Waals surface area (Å²) in [5, 5.41) is 18.5. The fraction of sp³-hybridized carbons (Fsp3) is 0.211. The Morgan fingerprint density at radius 1 is 1.21 bits per heavy atom. The van der Waals surface area contributed by atoms with Crippen molar-refractivity contribution in [3.63, 3.8) is 0 Å². The van der Waals surface area contributed by atoms with Gasteiger partial charge in [-0.05, 0) is 57.4 Å². The molecule has 1 aliphatic rings. The molecular weight excluding hydrogens is 446 g/mol. The lowest BCUT2D eigenvalue weighted by atomic mass is 10.2. The third-order valence-corrected chi connectivity index (χ3v) is 5.54. The zero-order chi connectivity index (χ0) is 20.1. The summed E-state index contributed by atoms with van der Waals surface area (Å²) in [5.41, 5.74) is 1.67. The highest BCUT2D eigenvalue weighted by atomic mass is 79.9. The quantitative estimate of drug-likeness (QED) is 0.522. The molecule has 2 aromatic carbocycles. The van der Waals surface area contributed by atoms with Gasteiger partial charge in [0.1, 0.15) is 5.75 Å². The lowest BCUT2D eigenvalue weighted by molar-refractivity contribution is -0.124. The molecule has 0 atom stereocenters. The number of thioether (sulfide) groups is 1. The summed E-state index contributed by atoms with van der Waals surface area (Å²) in [5.74, 6) is 1.46. The zero-order valence-electron chi connectivity index (χ0n) is 15.3. The van der Waals surface area contributed by atoms with Gasteiger partial charge in [0.2, 0.25) is 5.91 Å². The van der Waals surface area contributed by atoms with Gasteiger partial charge >= 0.3 is 0 Å². The number of nitrogens with zero attached hydrogens (tertiary/aromatic N) is 3. The number of rotatable bonds is 6. The van der Waals surface area contributed by atoms with Crippen molar-refractivity contribution in [1.82, 2.24) is 4.90 Å². The maximum atomic E-state index is 12.2. The van der Waals surface area contributed by atoms with Gasteiger partial charge in [-0.2, -0.15) is 5.10 Å². The minimum Gasteiger partial charge on any atom is -0.504 e. The van der Waals surface area contributed by atoms with Crippen molar-refractivity contribution in [2.45, 2.75) is 6.54 Å². The Hall–Kier alpha value is -2.52. The van der Waals surface area contributed by atoms with Gasteiger partial charge in [0, 0.05) is 0 Å². The summed E-state index contributed by atoms with van der Waals surface area (Å²) in [6.07, 6.45) is 1.54. The molecule has 1 heterocycles. The molecule has 0 radical (unpaired) electrons. The standard InChI is InChI=1S/C19H18BrN3O4S/c1-26-16-6-4-13(7-14(16)20)10-23-18(25)11-28-19(23)22-21-9-12-3-5-15(24)17(8-12)27-2/h3-9,24H,10-11H2,1-2H3/b21-9+,22-19?. The monoisotopic (exact) mass is 463 g/mol. The number of carbonyl (C=O) groups excluding carboxylic acids is 1. The fourth-order valence-corrected chi connectivity index (χ4v) is 3.96. The summed E-state index contributed by atoms with van der Waals surface area (Å²) in [6, 6.07) is 10.5. The summed E-state index contributed by atoms with van der Waals surface area (Å²) in [4.78, 5) is 13.8. The van der Waals surface area contributed by atoms with Crippen LogP contribution in [0.1, 0.15) is 11.1 Å². The largest absolute Gasteiger partial charge is 0.504 e. The Morgan fingerprint density at radius 2 is 2.00 bits per heavy atom. The molecule has 1 N–H and O–H groups in total. The summed E-state index contributed by atoms with van der Waals surface area (Å²) in [6.45, 7) is 0.399. The molecule has 9 heteroatoms. The van der Waals surface area contributed by atoms with Crippen LogP contribution in [-0.2, 0) is 11.3 Å². The van der Waals surface area contributed by atoms with Gasteiger partial charge in [0.05, 0.1) is 37.2 Å². The minimum absolute atomic E-state index is 0.0165. The van der Waals surface area contributed by atoms with Gasteiger partial charge in [0.25, 0.3) is 0 Å². The number of hydrogen-bond donors (Lipinski definition) is 1. The number of methoxy groups -OCH3 is 2. The van der Waals surface area contributed by atoms with Crippen molar-refractivity contribution >= 4 is 45.0 Å². The van der Waals surface area contributed by atoms with E-state index in [0.29, 0.717) is 23.2 Å². The normalized spacial score (nSPS) is 15.6. The van der Waals surface area contributed by atoms with Gasteiger partial charge in [0.15, 0.2) is 16.7 Å². The van der Waals surface area contributed by atoms with E-state index in [1.165, 1.54) is 24.9 Å². The van der Waals surface area contributed by atoms with Crippen molar-refractivity contribution < 1.29 is 19.4 Å². The number of carbonyl (C=O) groups is 1. The lowest BCUT2D eigenvalue weighted by Gasteiger charge is -2.16. The molecule has 2 aromatic rings. The van der Waals surface area contributed by atoms with E-state index < -0.39 is 0 Å². The predicted molar refractivity (Wildman–Crippen MR) is 113 cm³/mol. The number of amidine groups is 1. The van der Waals surface area contributed by atoms with Crippen LogP contribution in [0.25, 0.3) is 0 Å². The van der Waals surface area contributed by atoms with Crippen molar-refractivity contribution in [2.75, 3.05) is 20.0 Å². The Labute approximate surface area is 175 Å². The smallest absolute Gasteiger partial charge is 0.239 e. The van der Waals surface area contributed by atoms with E-state index in [4.69, 9.17) is 9.47 Å². The first kappa shape index (κ1) is 20.2. The Morgan fingerprint density at radius 3 is 2.71 bits per heavy atom. The first-order valence-electron chi connectivity index (χ1n) is 8.25. The second kappa shape index (κ2) is 9.11. The molecule has 28 heavy (non-hydrogen) atoms. The van der Waals surface area contributed by atoms with Gasteiger partial charge in [-0.15, -0.1) is 5.10 Å². The number of phenolic OH excluding ortho intramolecular Hbond substituents is 1. The molecule has 0 aliphatic carbocycles. The maximum Gasteiger partial charge on any atom is 0.239 e. The molecule has 0 bridgehead atoms. The summed E-state index contributed by atoms with van der Waals surface area (Å²) >= 11 is 4.80. The first-order chi connectivity index (χ1) is 13.5. The summed E-state index contributed by atoms with van der Waals surface area (Å²) < 4.78 is 11.1. The lowest BCUT2D eigenvalue weighted by Crippen LogP contribution is -2.28. The van der Waals surface area contributed by atoms with Crippen LogP contribution >= 0.6 is 27.7 Å². The molecule has 3 rings (SSSR count). The van der Waals surface area contributed by atoms with Crippen LogP contribution < -0.4 is 9.47 Å². The van der Waals surface area contributed by atoms with Crippen molar-refractivity contribution in [2.24, 2.45) is 10.2 Å². The predicted octanol–water partition coefficient (Wildman–Crippen LogP) is 3.64. The fourth-order valence-electron chi connectivity index (χ4n) is 2.54. The summed E-state index contributed by atoms with van der Waals surface area (Å²) in [7, 11) is 3.08. The molecule has 146 valence electrons. The van der Waals surface area contributed by atoms with Gasteiger partial charge in [-0.3, -0.25) is 9.69 Å². The van der Waals surface area contributed by atoms with Crippen LogP contribution in [0.4, 0.5) is 0 Å². The molecule has 1 fully saturated rings. The number of ether oxygens (including phenoxy) is 2. The van der Waals surface area contributed by atoms with Gasteiger partial charge < -0.3 is 14.6 Å². The number of benzene rings is 2. The van der Waals surface area contributed by atoms with Crippen LogP contribution in [0.3, 0.4) is 0 Å². The molecule has 1 aliphatic heterocycles. The number of hydrogen-bond acceptors (Lipinski definition) is 7. The van der Waals surface area contributed by atoms with E-state index in [0.717, 1.165) is 21.3 Å². The van der Waals surface area contributed by atoms with Crippen molar-refractivity contribution in [1.29, 1.82) is 0 Å². The van der Waals surface area contributed by atoms with E-state index in [-0.39, 0.29) is 11.7 Å². The molecule has 0 unspecified atom stereocenters. The maximum absolute atomic E-state index is 12.2. The van der Waals surface area contributed by atoms with E-state index in [9.17, 15) is 9.90 Å². The van der Waals surface area contributed by atoms with E-state index >= 15 is 0 Å². The highest BCUT2D eigenvalue weighted by Gasteiger charge is 2.28. The SMILES string of the molecule is COc1cc(/C=N/N=C2SCC(=O)N2Cc2ccc(OC)c(Br)c2)ccc1O. The third kappa shape index (κ3) is 4.66. The van der Waals surface area contributed by atoms with Crippen LogP contribution in [0, 0.1) is 0 Å². The average molecular weight is 464 g/mol. The van der Waals surface area contributed by atoms with Crippen LogP contribution in [0.15, 0.2) is 51.1 Å². The molecule has 0 aromatic heterocycles. The third-order valence-electron chi connectivity index (χ3n) is 3.97. The zero-order valence-corrected chi connectivity index (χ0v) is 17.7. The highest BCUT2D eigenvalue weighted by Crippen LogP contribution is 2.28. The molecule has 0 spiro atoms. The van der Waals surface area contributed by atoms with Gasteiger partial charge in [-0.1, -0.05) is 17.8 Å². The number of halogens is 1. The molecule has 1 amide bonds.